The molecule has 0 radical (unpaired) electrons. The molecule has 3 nitrogen and oxygen atoms in total. The standard InChI is InChI=1S/C10H17NO2/c1-2-9-5-3-4-6-10(9)7-8-11(12)13/h7-10H,2-6H2,1H3/b8-7+. The van der Waals surface area contributed by atoms with Crippen LogP contribution in [0.1, 0.15) is 39.0 Å². The normalized spacial score (nSPS) is 29.3. The highest BCUT2D eigenvalue weighted by molar-refractivity contribution is 4.89. The molecule has 1 saturated carbocycles. The minimum absolute atomic E-state index is 0.360. The van der Waals surface area contributed by atoms with Crippen LogP contribution < -0.4 is 0 Å². The molecule has 0 aromatic heterocycles. The topological polar surface area (TPSA) is 43.1 Å². The molecule has 2 atom stereocenters. The van der Waals surface area contributed by atoms with E-state index in [4.69, 9.17) is 0 Å². The maximum absolute atomic E-state index is 10.2. The smallest absolute Gasteiger partial charge is 0.230 e. The van der Waals surface area contributed by atoms with E-state index in [2.05, 4.69) is 6.92 Å². The van der Waals surface area contributed by atoms with Crippen molar-refractivity contribution in [3.8, 4) is 0 Å². The van der Waals surface area contributed by atoms with Gasteiger partial charge in [-0.15, -0.1) is 0 Å². The lowest BCUT2D eigenvalue weighted by molar-refractivity contribution is -0.403. The van der Waals surface area contributed by atoms with Gasteiger partial charge in [-0.05, 0) is 30.8 Å². The quantitative estimate of drug-likeness (QED) is 0.498. The Morgan fingerprint density at radius 3 is 2.77 bits per heavy atom. The molecule has 1 aliphatic rings. The van der Waals surface area contributed by atoms with E-state index >= 15 is 0 Å². The Kier molecular flexibility index (Phi) is 3.93. The van der Waals surface area contributed by atoms with Crippen LogP contribution in [0.5, 0.6) is 0 Å². The lowest BCUT2D eigenvalue weighted by Gasteiger charge is -2.27. The summed E-state index contributed by atoms with van der Waals surface area (Å²) in [6.07, 6.45) is 8.93. The summed E-state index contributed by atoms with van der Waals surface area (Å²) in [5.41, 5.74) is 0. The summed E-state index contributed by atoms with van der Waals surface area (Å²) in [5, 5.41) is 10.2. The fourth-order valence-corrected chi connectivity index (χ4v) is 2.18. The molecule has 13 heavy (non-hydrogen) atoms. The Morgan fingerprint density at radius 1 is 1.46 bits per heavy atom. The minimum Gasteiger partial charge on any atom is -0.259 e. The molecule has 1 fully saturated rings. The zero-order valence-electron chi connectivity index (χ0n) is 8.11. The van der Waals surface area contributed by atoms with Crippen molar-refractivity contribution >= 4 is 0 Å². The van der Waals surface area contributed by atoms with Crippen molar-refractivity contribution in [3.63, 3.8) is 0 Å². The van der Waals surface area contributed by atoms with E-state index in [0.29, 0.717) is 11.8 Å². The van der Waals surface area contributed by atoms with Crippen molar-refractivity contribution in [2.24, 2.45) is 11.8 Å². The van der Waals surface area contributed by atoms with Gasteiger partial charge in [-0.25, -0.2) is 0 Å². The zero-order valence-corrected chi connectivity index (χ0v) is 8.11. The molecule has 74 valence electrons. The van der Waals surface area contributed by atoms with Crippen molar-refractivity contribution in [3.05, 3.63) is 22.4 Å². The van der Waals surface area contributed by atoms with E-state index in [0.717, 1.165) is 19.0 Å². The predicted octanol–water partition coefficient (Wildman–Crippen LogP) is 2.99. The Morgan fingerprint density at radius 2 is 2.15 bits per heavy atom. The molecule has 0 heterocycles. The molecule has 1 rings (SSSR count). The van der Waals surface area contributed by atoms with Crippen LogP contribution in [0.3, 0.4) is 0 Å². The van der Waals surface area contributed by atoms with Crippen molar-refractivity contribution in [1.29, 1.82) is 0 Å². The monoisotopic (exact) mass is 183 g/mol. The molecule has 0 aromatic rings. The average molecular weight is 183 g/mol. The van der Waals surface area contributed by atoms with Gasteiger partial charge in [-0.2, -0.15) is 0 Å². The number of nitrogens with zero attached hydrogens (tertiary/aromatic N) is 1. The summed E-state index contributed by atoms with van der Waals surface area (Å²) in [6.45, 7) is 2.17. The molecule has 2 unspecified atom stereocenters. The van der Waals surface area contributed by atoms with Crippen molar-refractivity contribution in [1.82, 2.24) is 0 Å². The lowest BCUT2D eigenvalue weighted by atomic mass is 9.78. The first-order chi connectivity index (χ1) is 6.24. The summed E-state index contributed by atoms with van der Waals surface area (Å²) in [5.74, 6) is 1.12. The molecular formula is C10H17NO2. The van der Waals surface area contributed by atoms with Gasteiger partial charge in [-0.3, -0.25) is 10.1 Å². The minimum atomic E-state index is -0.360. The van der Waals surface area contributed by atoms with E-state index < -0.39 is 0 Å². The first-order valence-electron chi connectivity index (χ1n) is 5.06. The first kappa shape index (κ1) is 10.2. The van der Waals surface area contributed by atoms with Gasteiger partial charge >= 0.3 is 0 Å². The highest BCUT2D eigenvalue weighted by Crippen LogP contribution is 2.32. The van der Waals surface area contributed by atoms with Crippen LogP contribution in [0, 0.1) is 22.0 Å². The fourth-order valence-electron chi connectivity index (χ4n) is 2.18. The van der Waals surface area contributed by atoms with Crippen molar-refractivity contribution < 1.29 is 4.92 Å². The van der Waals surface area contributed by atoms with Crippen LogP contribution in [0.4, 0.5) is 0 Å². The van der Waals surface area contributed by atoms with Crippen LogP contribution in [0.15, 0.2) is 12.3 Å². The number of hydrogen-bond donors (Lipinski definition) is 0. The molecule has 0 saturated heterocycles. The lowest BCUT2D eigenvalue weighted by Crippen LogP contribution is -2.16. The summed E-state index contributed by atoms with van der Waals surface area (Å²) in [6, 6.07) is 0. The average Bonchev–Trinajstić information content (AvgIpc) is 2.15. The Bertz CT molecular complexity index is 201. The third-order valence-electron chi connectivity index (χ3n) is 2.95. The number of hydrogen-bond acceptors (Lipinski definition) is 2. The van der Waals surface area contributed by atoms with Crippen LogP contribution in [0.2, 0.25) is 0 Å². The largest absolute Gasteiger partial charge is 0.259 e. The third kappa shape index (κ3) is 3.17. The van der Waals surface area contributed by atoms with Gasteiger partial charge in [0.25, 0.3) is 0 Å². The number of allylic oxidation sites excluding steroid dienone is 1. The molecular weight excluding hydrogens is 166 g/mol. The van der Waals surface area contributed by atoms with Gasteiger partial charge < -0.3 is 0 Å². The van der Waals surface area contributed by atoms with Gasteiger partial charge in [0.15, 0.2) is 0 Å². The molecule has 0 aromatic carbocycles. The van der Waals surface area contributed by atoms with E-state index in [1.54, 1.807) is 6.08 Å². The maximum Gasteiger partial charge on any atom is 0.230 e. The van der Waals surface area contributed by atoms with E-state index in [-0.39, 0.29) is 4.92 Å². The van der Waals surface area contributed by atoms with Gasteiger partial charge in [-0.1, -0.05) is 26.2 Å². The second-order valence-electron chi connectivity index (χ2n) is 3.74. The van der Waals surface area contributed by atoms with Crippen molar-refractivity contribution in [2.45, 2.75) is 39.0 Å². The molecule has 1 aliphatic carbocycles. The van der Waals surface area contributed by atoms with Gasteiger partial charge in [0.1, 0.15) is 0 Å². The van der Waals surface area contributed by atoms with Gasteiger partial charge in [0, 0.05) is 0 Å². The predicted molar refractivity (Wildman–Crippen MR) is 51.9 cm³/mol. The molecule has 0 N–H and O–H groups in total. The summed E-state index contributed by atoms with van der Waals surface area (Å²) in [4.78, 5) is 9.80. The summed E-state index contributed by atoms with van der Waals surface area (Å²) >= 11 is 0. The SMILES string of the molecule is CCC1CCCCC1/C=C/[N+](=O)[O-]. The molecule has 3 heteroatoms. The van der Waals surface area contributed by atoms with E-state index in [1.807, 2.05) is 0 Å². The van der Waals surface area contributed by atoms with Gasteiger partial charge in [0.05, 0.1) is 4.92 Å². The first-order valence-corrected chi connectivity index (χ1v) is 5.06. The van der Waals surface area contributed by atoms with E-state index in [1.165, 1.54) is 19.3 Å². The second-order valence-corrected chi connectivity index (χ2v) is 3.74. The number of nitro groups is 1. The van der Waals surface area contributed by atoms with Crippen molar-refractivity contribution in [2.75, 3.05) is 0 Å². The molecule has 0 aliphatic heterocycles. The second kappa shape index (κ2) is 5.00. The fraction of sp³-hybridized carbons (Fsp3) is 0.800. The van der Waals surface area contributed by atoms with Gasteiger partial charge in [0.2, 0.25) is 6.20 Å². The molecule has 0 bridgehead atoms. The Hall–Kier alpha value is -0.860. The third-order valence-corrected chi connectivity index (χ3v) is 2.95. The highest BCUT2D eigenvalue weighted by Gasteiger charge is 2.21. The Labute approximate surface area is 79.0 Å². The Balaban J connectivity index is 2.49. The zero-order chi connectivity index (χ0) is 9.68. The highest BCUT2D eigenvalue weighted by atomic mass is 16.6. The summed E-state index contributed by atoms with van der Waals surface area (Å²) < 4.78 is 0. The van der Waals surface area contributed by atoms with Crippen LogP contribution in [-0.2, 0) is 0 Å². The van der Waals surface area contributed by atoms with Crippen LogP contribution in [0.25, 0.3) is 0 Å². The number of rotatable bonds is 3. The summed E-state index contributed by atoms with van der Waals surface area (Å²) in [7, 11) is 0. The van der Waals surface area contributed by atoms with Crippen LogP contribution in [-0.4, -0.2) is 4.92 Å². The van der Waals surface area contributed by atoms with E-state index in [9.17, 15) is 10.1 Å². The molecule has 0 amide bonds. The molecule has 0 spiro atoms. The maximum atomic E-state index is 10.2. The van der Waals surface area contributed by atoms with Crippen LogP contribution >= 0.6 is 0 Å².